The van der Waals surface area contributed by atoms with E-state index in [4.69, 9.17) is 4.74 Å². The number of anilines is 1. The van der Waals surface area contributed by atoms with Crippen LogP contribution in [0.5, 0.6) is 5.88 Å². The van der Waals surface area contributed by atoms with Crippen molar-refractivity contribution in [2.75, 3.05) is 11.9 Å². The molecule has 1 aliphatic carbocycles. The van der Waals surface area contributed by atoms with Crippen LogP contribution >= 0.6 is 0 Å². The zero-order valence-electron chi connectivity index (χ0n) is 16.2. The van der Waals surface area contributed by atoms with E-state index in [1.807, 2.05) is 24.3 Å². The predicted molar refractivity (Wildman–Crippen MR) is 113 cm³/mol. The Morgan fingerprint density at radius 2 is 1.48 bits per heavy atom. The first-order chi connectivity index (χ1) is 15.1. The van der Waals surface area contributed by atoms with E-state index < -0.39 is 5.91 Å². The number of para-hydroxylation sites is 1. The fraction of sp³-hybridized carbons (Fsp3) is 0.0417. The second kappa shape index (κ2) is 7.46. The van der Waals surface area contributed by atoms with Gasteiger partial charge < -0.3 is 10.1 Å². The van der Waals surface area contributed by atoms with Gasteiger partial charge in [0.25, 0.3) is 5.91 Å². The van der Waals surface area contributed by atoms with Crippen molar-refractivity contribution < 1.29 is 19.1 Å². The molecule has 0 unspecified atom stereocenters. The number of nitrogens with one attached hydrogen (secondary N) is 1. The minimum absolute atomic E-state index is 0.206. The normalized spacial score (nSPS) is 12.3. The zero-order chi connectivity index (χ0) is 21.4. The van der Waals surface area contributed by atoms with E-state index in [-0.39, 0.29) is 23.7 Å². The van der Waals surface area contributed by atoms with E-state index >= 15 is 0 Å². The van der Waals surface area contributed by atoms with Gasteiger partial charge in [-0.15, -0.1) is 0 Å². The van der Waals surface area contributed by atoms with Crippen molar-refractivity contribution in [3.8, 4) is 5.88 Å². The van der Waals surface area contributed by atoms with Crippen LogP contribution in [-0.2, 0) is 4.79 Å². The summed E-state index contributed by atoms with van der Waals surface area (Å²) in [5.74, 6) is -0.562. The molecular weight excluding hydrogens is 394 g/mol. The van der Waals surface area contributed by atoms with Crippen LogP contribution in [0.25, 0.3) is 10.9 Å². The first-order valence-corrected chi connectivity index (χ1v) is 9.57. The van der Waals surface area contributed by atoms with E-state index in [1.54, 1.807) is 36.4 Å². The first kappa shape index (κ1) is 18.6. The molecule has 5 rings (SSSR count). The number of amides is 1. The molecule has 1 amide bonds. The van der Waals surface area contributed by atoms with Crippen molar-refractivity contribution in [1.29, 1.82) is 0 Å². The standard InChI is InChI=1S/C24H15N3O4/c28-21(12-31-24-18-7-3-4-8-20(18)25-13-26-24)27-14-9-10-17-19(11-14)23(30)16-6-2-1-5-15(16)22(17)29/h1-11,13H,12H2,(H,27,28). The first-order valence-electron chi connectivity index (χ1n) is 9.57. The van der Waals surface area contributed by atoms with Gasteiger partial charge in [-0.25, -0.2) is 9.97 Å². The van der Waals surface area contributed by atoms with Gasteiger partial charge in [0.15, 0.2) is 18.2 Å². The lowest BCUT2D eigenvalue weighted by Crippen LogP contribution is -2.23. The third-order valence-electron chi connectivity index (χ3n) is 5.06. The molecule has 1 aromatic heterocycles. The molecule has 0 atom stereocenters. The number of hydrogen-bond acceptors (Lipinski definition) is 6. The number of nitrogens with zero attached hydrogens (tertiary/aromatic N) is 2. The number of carbonyl (C=O) groups excluding carboxylic acids is 3. The maximum absolute atomic E-state index is 12.8. The summed E-state index contributed by atoms with van der Waals surface area (Å²) < 4.78 is 5.57. The Hall–Kier alpha value is -4.39. The Bertz CT molecular complexity index is 1380. The van der Waals surface area contributed by atoms with Gasteiger partial charge in [0.1, 0.15) is 6.33 Å². The summed E-state index contributed by atoms with van der Waals surface area (Å²) in [4.78, 5) is 46.2. The van der Waals surface area contributed by atoms with Crippen molar-refractivity contribution in [1.82, 2.24) is 9.97 Å². The Morgan fingerprint density at radius 3 is 2.29 bits per heavy atom. The van der Waals surface area contributed by atoms with Crippen molar-refractivity contribution in [3.05, 3.63) is 95.3 Å². The summed E-state index contributed by atoms with van der Waals surface area (Å²) in [7, 11) is 0. The monoisotopic (exact) mass is 409 g/mol. The summed E-state index contributed by atoms with van der Waals surface area (Å²) in [6.07, 6.45) is 1.37. The number of ketones is 2. The molecule has 0 aliphatic heterocycles. The van der Waals surface area contributed by atoms with Crippen LogP contribution in [0.15, 0.2) is 73.1 Å². The quantitative estimate of drug-likeness (QED) is 0.488. The lowest BCUT2D eigenvalue weighted by molar-refractivity contribution is -0.118. The number of fused-ring (bicyclic) bond motifs is 3. The molecule has 4 aromatic rings. The highest BCUT2D eigenvalue weighted by Gasteiger charge is 2.29. The van der Waals surface area contributed by atoms with E-state index in [1.165, 1.54) is 12.4 Å². The summed E-state index contributed by atoms with van der Waals surface area (Å²) in [6.45, 7) is -0.270. The number of hydrogen-bond donors (Lipinski definition) is 1. The highest BCUT2D eigenvalue weighted by atomic mass is 16.5. The minimum Gasteiger partial charge on any atom is -0.467 e. The van der Waals surface area contributed by atoms with Crippen molar-refractivity contribution >= 4 is 34.1 Å². The van der Waals surface area contributed by atoms with Crippen LogP contribution < -0.4 is 10.1 Å². The third kappa shape index (κ3) is 3.32. The van der Waals surface area contributed by atoms with Crippen molar-refractivity contribution in [2.24, 2.45) is 0 Å². The fourth-order valence-electron chi connectivity index (χ4n) is 3.60. The summed E-state index contributed by atoms with van der Waals surface area (Å²) in [5.41, 5.74) is 2.46. The van der Waals surface area contributed by atoms with E-state index in [0.29, 0.717) is 39.2 Å². The summed E-state index contributed by atoms with van der Waals surface area (Å²) in [5, 5.41) is 3.40. The lowest BCUT2D eigenvalue weighted by Gasteiger charge is -2.18. The predicted octanol–water partition coefficient (Wildman–Crippen LogP) is 3.42. The van der Waals surface area contributed by atoms with Gasteiger partial charge in [0.2, 0.25) is 5.88 Å². The van der Waals surface area contributed by atoms with Crippen LogP contribution in [0.1, 0.15) is 31.8 Å². The Kier molecular flexibility index (Phi) is 4.48. The smallest absolute Gasteiger partial charge is 0.262 e. The molecular formula is C24H15N3O4. The Labute approximate surface area is 176 Å². The van der Waals surface area contributed by atoms with Gasteiger partial charge in [-0.3, -0.25) is 14.4 Å². The van der Waals surface area contributed by atoms with Gasteiger partial charge in [-0.05, 0) is 30.3 Å². The average Bonchev–Trinajstić information content (AvgIpc) is 2.81. The van der Waals surface area contributed by atoms with Gasteiger partial charge in [0, 0.05) is 27.9 Å². The van der Waals surface area contributed by atoms with E-state index in [9.17, 15) is 14.4 Å². The molecule has 0 saturated heterocycles. The second-order valence-electron chi connectivity index (χ2n) is 7.00. The van der Waals surface area contributed by atoms with Crippen LogP contribution in [0.4, 0.5) is 5.69 Å². The molecule has 1 aliphatic rings. The zero-order valence-corrected chi connectivity index (χ0v) is 16.2. The van der Waals surface area contributed by atoms with Gasteiger partial charge >= 0.3 is 0 Å². The Balaban J connectivity index is 1.33. The van der Waals surface area contributed by atoms with Gasteiger partial charge in [0.05, 0.1) is 10.9 Å². The second-order valence-corrected chi connectivity index (χ2v) is 7.00. The SMILES string of the molecule is O=C(COc1ncnc2ccccc12)Nc1ccc2c(c1)C(=O)c1ccccc1C2=O. The summed E-state index contributed by atoms with van der Waals surface area (Å²) in [6, 6.07) is 18.7. The van der Waals surface area contributed by atoms with E-state index in [2.05, 4.69) is 15.3 Å². The number of benzene rings is 3. The molecule has 0 saturated carbocycles. The highest BCUT2D eigenvalue weighted by Crippen LogP contribution is 2.29. The molecule has 0 bridgehead atoms. The minimum atomic E-state index is -0.419. The molecule has 0 spiro atoms. The van der Waals surface area contributed by atoms with E-state index in [0.717, 1.165) is 0 Å². The Morgan fingerprint density at radius 1 is 0.806 bits per heavy atom. The lowest BCUT2D eigenvalue weighted by atomic mass is 9.84. The van der Waals surface area contributed by atoms with Gasteiger partial charge in [-0.1, -0.05) is 36.4 Å². The largest absolute Gasteiger partial charge is 0.467 e. The number of aromatic nitrogens is 2. The number of rotatable bonds is 4. The van der Waals surface area contributed by atoms with Crippen LogP contribution in [-0.4, -0.2) is 34.0 Å². The molecule has 3 aromatic carbocycles. The number of carbonyl (C=O) groups is 3. The van der Waals surface area contributed by atoms with Crippen LogP contribution in [0, 0.1) is 0 Å². The van der Waals surface area contributed by atoms with Crippen molar-refractivity contribution in [3.63, 3.8) is 0 Å². The molecule has 1 heterocycles. The number of ether oxygens (including phenoxy) is 1. The van der Waals surface area contributed by atoms with Crippen LogP contribution in [0.3, 0.4) is 0 Å². The highest BCUT2D eigenvalue weighted by molar-refractivity contribution is 6.28. The molecule has 1 N–H and O–H groups in total. The molecule has 150 valence electrons. The molecule has 7 heteroatoms. The fourth-order valence-corrected chi connectivity index (χ4v) is 3.60. The van der Waals surface area contributed by atoms with Crippen molar-refractivity contribution in [2.45, 2.75) is 0 Å². The third-order valence-corrected chi connectivity index (χ3v) is 5.06. The topological polar surface area (TPSA) is 98.2 Å². The molecule has 0 fully saturated rings. The van der Waals surface area contributed by atoms with Gasteiger partial charge in [-0.2, -0.15) is 0 Å². The maximum Gasteiger partial charge on any atom is 0.262 e. The summed E-state index contributed by atoms with van der Waals surface area (Å²) >= 11 is 0. The average molecular weight is 409 g/mol. The maximum atomic E-state index is 12.8. The molecule has 7 nitrogen and oxygen atoms in total. The molecule has 31 heavy (non-hydrogen) atoms. The molecule has 0 radical (unpaired) electrons. The van der Waals surface area contributed by atoms with Crippen LogP contribution in [0.2, 0.25) is 0 Å².